The SMILES string of the molecule is NC(Cc1ccco1)c1ccccc1OC(F)F. The van der Waals surface area contributed by atoms with Crippen LogP contribution in [0.2, 0.25) is 0 Å². The van der Waals surface area contributed by atoms with Crippen molar-refractivity contribution in [2.45, 2.75) is 19.1 Å². The lowest BCUT2D eigenvalue weighted by Crippen LogP contribution is -2.15. The van der Waals surface area contributed by atoms with Gasteiger partial charge >= 0.3 is 6.61 Å². The maximum atomic E-state index is 12.3. The summed E-state index contributed by atoms with van der Waals surface area (Å²) in [4.78, 5) is 0. The number of ether oxygens (including phenoxy) is 1. The molecule has 0 saturated heterocycles. The summed E-state index contributed by atoms with van der Waals surface area (Å²) < 4.78 is 34.1. The molecule has 2 N–H and O–H groups in total. The van der Waals surface area contributed by atoms with Crippen LogP contribution >= 0.6 is 0 Å². The average molecular weight is 253 g/mol. The fourth-order valence-corrected chi connectivity index (χ4v) is 1.75. The van der Waals surface area contributed by atoms with Gasteiger partial charge in [-0.15, -0.1) is 0 Å². The number of furan rings is 1. The number of alkyl halides is 2. The second-order valence-electron chi connectivity index (χ2n) is 3.81. The van der Waals surface area contributed by atoms with Crippen molar-refractivity contribution in [2.24, 2.45) is 5.73 Å². The van der Waals surface area contributed by atoms with Crippen molar-refractivity contribution in [2.75, 3.05) is 0 Å². The molecule has 0 fully saturated rings. The minimum absolute atomic E-state index is 0.103. The first kappa shape index (κ1) is 12.6. The van der Waals surface area contributed by atoms with Crippen molar-refractivity contribution in [3.63, 3.8) is 0 Å². The minimum Gasteiger partial charge on any atom is -0.469 e. The van der Waals surface area contributed by atoms with Crippen molar-refractivity contribution in [1.82, 2.24) is 0 Å². The predicted octanol–water partition coefficient (Wildman–Crippen LogP) is 3.12. The van der Waals surface area contributed by atoms with Gasteiger partial charge in [0.05, 0.1) is 6.26 Å². The predicted molar refractivity (Wildman–Crippen MR) is 62.4 cm³/mol. The van der Waals surface area contributed by atoms with Gasteiger partial charge in [-0.2, -0.15) is 8.78 Å². The lowest BCUT2D eigenvalue weighted by Gasteiger charge is -2.15. The molecule has 5 heteroatoms. The number of benzene rings is 1. The largest absolute Gasteiger partial charge is 0.469 e. The molecule has 1 atom stereocenters. The summed E-state index contributed by atoms with van der Waals surface area (Å²) in [5, 5.41) is 0. The van der Waals surface area contributed by atoms with E-state index in [4.69, 9.17) is 10.2 Å². The van der Waals surface area contributed by atoms with E-state index in [1.54, 1.807) is 36.6 Å². The summed E-state index contributed by atoms with van der Waals surface area (Å²) >= 11 is 0. The van der Waals surface area contributed by atoms with Gasteiger partial charge in [0.15, 0.2) is 0 Å². The number of nitrogens with two attached hydrogens (primary N) is 1. The molecule has 0 aliphatic heterocycles. The maximum Gasteiger partial charge on any atom is 0.387 e. The summed E-state index contributed by atoms with van der Waals surface area (Å²) in [7, 11) is 0. The smallest absolute Gasteiger partial charge is 0.387 e. The van der Waals surface area contributed by atoms with Crippen LogP contribution in [0.1, 0.15) is 17.4 Å². The molecule has 2 aromatic rings. The third-order valence-electron chi connectivity index (χ3n) is 2.54. The summed E-state index contributed by atoms with van der Waals surface area (Å²) in [5.41, 5.74) is 6.51. The van der Waals surface area contributed by atoms with E-state index in [2.05, 4.69) is 4.74 Å². The van der Waals surface area contributed by atoms with Crippen LogP contribution in [0.15, 0.2) is 47.1 Å². The number of halogens is 2. The molecule has 1 unspecified atom stereocenters. The van der Waals surface area contributed by atoms with Crippen LogP contribution in [0.3, 0.4) is 0 Å². The molecule has 1 heterocycles. The van der Waals surface area contributed by atoms with Crippen molar-refractivity contribution in [3.8, 4) is 5.75 Å². The van der Waals surface area contributed by atoms with Gasteiger partial charge in [-0.3, -0.25) is 0 Å². The molecule has 1 aromatic carbocycles. The lowest BCUT2D eigenvalue weighted by molar-refractivity contribution is -0.0506. The number of hydrogen-bond acceptors (Lipinski definition) is 3. The standard InChI is InChI=1S/C13H13F2NO2/c14-13(15)18-12-6-2-1-5-10(12)11(16)8-9-4-3-7-17-9/h1-7,11,13H,8,16H2. The molecule has 0 spiro atoms. The molecule has 3 nitrogen and oxygen atoms in total. The fraction of sp³-hybridized carbons (Fsp3) is 0.231. The van der Waals surface area contributed by atoms with Crippen LogP contribution in [-0.2, 0) is 6.42 Å². The Kier molecular flexibility index (Phi) is 3.94. The zero-order valence-electron chi connectivity index (χ0n) is 9.55. The summed E-state index contributed by atoms with van der Waals surface area (Å²) in [6.45, 7) is -2.86. The first-order chi connectivity index (χ1) is 8.66. The van der Waals surface area contributed by atoms with Gasteiger partial charge in [-0.05, 0) is 18.2 Å². The van der Waals surface area contributed by atoms with Crippen LogP contribution in [0, 0.1) is 0 Å². The van der Waals surface area contributed by atoms with E-state index < -0.39 is 12.7 Å². The highest BCUT2D eigenvalue weighted by molar-refractivity contribution is 5.36. The second kappa shape index (κ2) is 5.64. The Bertz CT molecular complexity index is 485. The lowest BCUT2D eigenvalue weighted by atomic mass is 10.0. The topological polar surface area (TPSA) is 48.4 Å². The number of hydrogen-bond donors (Lipinski definition) is 1. The van der Waals surface area contributed by atoms with Crippen LogP contribution in [0.25, 0.3) is 0 Å². The second-order valence-corrected chi connectivity index (χ2v) is 3.81. The zero-order chi connectivity index (χ0) is 13.0. The molecule has 0 aliphatic rings. The Balaban J connectivity index is 2.16. The molecule has 0 amide bonds. The average Bonchev–Trinajstić information content (AvgIpc) is 2.81. The first-order valence-corrected chi connectivity index (χ1v) is 5.48. The Morgan fingerprint density at radius 1 is 1.17 bits per heavy atom. The molecular weight excluding hydrogens is 240 g/mol. The van der Waals surface area contributed by atoms with Crippen molar-refractivity contribution < 1.29 is 17.9 Å². The van der Waals surface area contributed by atoms with Gasteiger partial charge in [0.2, 0.25) is 0 Å². The van der Waals surface area contributed by atoms with Crippen molar-refractivity contribution in [1.29, 1.82) is 0 Å². The van der Waals surface area contributed by atoms with Crippen molar-refractivity contribution in [3.05, 3.63) is 54.0 Å². The van der Waals surface area contributed by atoms with Crippen molar-refractivity contribution >= 4 is 0 Å². The minimum atomic E-state index is -2.86. The van der Waals surface area contributed by atoms with E-state index in [0.717, 1.165) is 0 Å². The first-order valence-electron chi connectivity index (χ1n) is 5.48. The third kappa shape index (κ3) is 3.07. The van der Waals surface area contributed by atoms with E-state index in [-0.39, 0.29) is 5.75 Å². The highest BCUT2D eigenvalue weighted by Gasteiger charge is 2.16. The van der Waals surface area contributed by atoms with Gasteiger partial charge in [0.25, 0.3) is 0 Å². The monoisotopic (exact) mass is 253 g/mol. The van der Waals surface area contributed by atoms with E-state index in [1.165, 1.54) is 6.07 Å². The number of rotatable bonds is 5. The molecule has 0 saturated carbocycles. The zero-order valence-corrected chi connectivity index (χ0v) is 9.55. The Labute approximate surface area is 103 Å². The van der Waals surface area contributed by atoms with Crippen LogP contribution in [-0.4, -0.2) is 6.61 Å². The molecule has 1 aromatic heterocycles. The summed E-state index contributed by atoms with van der Waals surface area (Å²) in [6, 6.07) is 9.59. The quantitative estimate of drug-likeness (QED) is 0.890. The third-order valence-corrected chi connectivity index (χ3v) is 2.54. The van der Waals surface area contributed by atoms with E-state index in [9.17, 15) is 8.78 Å². The Morgan fingerprint density at radius 3 is 2.61 bits per heavy atom. The maximum absolute atomic E-state index is 12.3. The molecule has 96 valence electrons. The molecular formula is C13H13F2NO2. The molecule has 0 radical (unpaired) electrons. The van der Waals surface area contributed by atoms with Crippen LogP contribution in [0.4, 0.5) is 8.78 Å². The normalized spacial score (nSPS) is 12.7. The van der Waals surface area contributed by atoms with Gasteiger partial charge < -0.3 is 14.9 Å². The molecule has 0 bridgehead atoms. The van der Waals surface area contributed by atoms with Crippen LogP contribution < -0.4 is 10.5 Å². The summed E-state index contributed by atoms with van der Waals surface area (Å²) in [5.74, 6) is 0.806. The molecule has 0 aliphatic carbocycles. The van der Waals surface area contributed by atoms with Gasteiger partial charge in [0.1, 0.15) is 11.5 Å². The fourth-order valence-electron chi connectivity index (χ4n) is 1.75. The number of para-hydroxylation sites is 1. The summed E-state index contributed by atoms with van der Waals surface area (Å²) in [6.07, 6.45) is 1.97. The molecule has 18 heavy (non-hydrogen) atoms. The highest BCUT2D eigenvalue weighted by atomic mass is 19.3. The highest BCUT2D eigenvalue weighted by Crippen LogP contribution is 2.27. The van der Waals surface area contributed by atoms with Crippen LogP contribution in [0.5, 0.6) is 5.75 Å². The van der Waals surface area contributed by atoms with Gasteiger partial charge in [-0.1, -0.05) is 18.2 Å². The van der Waals surface area contributed by atoms with Gasteiger partial charge in [0, 0.05) is 18.0 Å². The van der Waals surface area contributed by atoms with Gasteiger partial charge in [-0.25, -0.2) is 0 Å². The van der Waals surface area contributed by atoms with E-state index >= 15 is 0 Å². The van der Waals surface area contributed by atoms with E-state index in [0.29, 0.717) is 17.7 Å². The Morgan fingerprint density at radius 2 is 1.94 bits per heavy atom. The molecule has 2 rings (SSSR count). The van der Waals surface area contributed by atoms with E-state index in [1.807, 2.05) is 0 Å². The Hall–Kier alpha value is -1.88.